The van der Waals surface area contributed by atoms with Crippen molar-refractivity contribution in [2.24, 2.45) is 11.7 Å². The van der Waals surface area contributed by atoms with Crippen LogP contribution in [0, 0.1) is 5.92 Å². The van der Waals surface area contributed by atoms with Crippen molar-refractivity contribution in [1.82, 2.24) is 10.2 Å². The second-order valence-electron chi connectivity index (χ2n) is 4.19. The first-order valence-electron chi connectivity index (χ1n) is 5.64. The number of nitrogens with zero attached hydrogens (tertiary/aromatic N) is 1. The lowest BCUT2D eigenvalue weighted by molar-refractivity contribution is -0.140. The number of urea groups is 1. The number of carbonyl (C=O) groups is 3. The van der Waals surface area contributed by atoms with Crippen LogP contribution in [0.15, 0.2) is 0 Å². The van der Waals surface area contributed by atoms with Gasteiger partial charge in [-0.05, 0) is 12.8 Å². The highest BCUT2D eigenvalue weighted by Gasteiger charge is 2.28. The van der Waals surface area contributed by atoms with Crippen molar-refractivity contribution in [3.8, 4) is 0 Å². The van der Waals surface area contributed by atoms with Crippen LogP contribution < -0.4 is 11.1 Å². The van der Waals surface area contributed by atoms with Crippen LogP contribution in [0.1, 0.15) is 12.8 Å². The van der Waals surface area contributed by atoms with Crippen LogP contribution in [-0.2, 0) is 9.59 Å². The summed E-state index contributed by atoms with van der Waals surface area (Å²) < 4.78 is 0. The molecule has 0 spiro atoms. The maximum absolute atomic E-state index is 11.7. The van der Waals surface area contributed by atoms with Gasteiger partial charge in [-0.3, -0.25) is 4.79 Å². The number of amides is 3. The minimum atomic E-state index is -1.31. The van der Waals surface area contributed by atoms with Gasteiger partial charge in [-0.2, -0.15) is 0 Å². The quantitative estimate of drug-likeness (QED) is 0.479. The average molecular weight is 259 g/mol. The minimum Gasteiger partial charge on any atom is -0.480 e. The Balaban J connectivity index is 2.45. The van der Waals surface area contributed by atoms with Gasteiger partial charge in [0.05, 0.1) is 6.61 Å². The summed E-state index contributed by atoms with van der Waals surface area (Å²) in [5.41, 5.74) is 5.16. The van der Waals surface area contributed by atoms with Crippen molar-refractivity contribution in [1.29, 1.82) is 0 Å². The summed E-state index contributed by atoms with van der Waals surface area (Å²) in [6, 6.07) is -1.87. The van der Waals surface area contributed by atoms with Gasteiger partial charge in [0.2, 0.25) is 5.91 Å². The number of rotatable bonds is 4. The van der Waals surface area contributed by atoms with E-state index >= 15 is 0 Å². The lowest BCUT2D eigenvalue weighted by Gasteiger charge is -2.31. The van der Waals surface area contributed by atoms with E-state index in [2.05, 4.69) is 5.32 Å². The molecule has 8 nitrogen and oxygen atoms in total. The second-order valence-corrected chi connectivity index (χ2v) is 4.19. The standard InChI is InChI=1S/C10H17N3O5/c11-8(15)6-1-3-13(4-2-6)10(18)12-7(5-14)9(16)17/h6-7,14H,1-5H2,(H2,11,15)(H,12,18)(H,16,17)/t7-/m0/s1. The number of aliphatic carboxylic acids is 1. The van der Waals surface area contributed by atoms with Gasteiger partial charge in [-0.25, -0.2) is 9.59 Å². The Labute approximate surface area is 104 Å². The fourth-order valence-electron chi connectivity index (χ4n) is 1.79. The summed E-state index contributed by atoms with van der Waals surface area (Å²) in [7, 11) is 0. The first-order chi connectivity index (χ1) is 8.45. The summed E-state index contributed by atoms with van der Waals surface area (Å²) in [6.07, 6.45) is 0.944. The van der Waals surface area contributed by atoms with Crippen molar-refractivity contribution in [3.05, 3.63) is 0 Å². The predicted octanol–water partition coefficient (Wildman–Crippen LogP) is -1.66. The molecule has 0 aromatic carbocycles. The highest BCUT2D eigenvalue weighted by Crippen LogP contribution is 2.16. The van der Waals surface area contributed by atoms with E-state index in [1.165, 1.54) is 4.90 Å². The zero-order valence-corrected chi connectivity index (χ0v) is 9.83. The molecule has 1 saturated heterocycles. The van der Waals surface area contributed by atoms with Crippen molar-refractivity contribution in [3.63, 3.8) is 0 Å². The summed E-state index contributed by atoms with van der Waals surface area (Å²) in [4.78, 5) is 34.7. The number of nitrogens with two attached hydrogens (primary N) is 1. The summed E-state index contributed by atoms with van der Waals surface area (Å²) in [5.74, 6) is -1.91. The Kier molecular flexibility index (Phi) is 4.90. The molecule has 0 aromatic rings. The largest absolute Gasteiger partial charge is 0.480 e. The molecule has 1 aliphatic rings. The monoisotopic (exact) mass is 259 g/mol. The Morgan fingerprint density at radius 3 is 2.28 bits per heavy atom. The zero-order valence-electron chi connectivity index (χ0n) is 9.83. The number of piperidine rings is 1. The van der Waals surface area contributed by atoms with Gasteiger partial charge in [0.25, 0.3) is 0 Å². The summed E-state index contributed by atoms with van der Waals surface area (Å²) in [6.45, 7) is 0.0211. The lowest BCUT2D eigenvalue weighted by atomic mass is 9.96. The van der Waals surface area contributed by atoms with Gasteiger partial charge in [0.1, 0.15) is 0 Å². The van der Waals surface area contributed by atoms with E-state index in [1.807, 2.05) is 0 Å². The van der Waals surface area contributed by atoms with Gasteiger partial charge >= 0.3 is 12.0 Å². The van der Waals surface area contributed by atoms with Crippen molar-refractivity contribution < 1.29 is 24.6 Å². The Morgan fingerprint density at radius 1 is 1.33 bits per heavy atom. The van der Waals surface area contributed by atoms with Gasteiger partial charge < -0.3 is 26.2 Å². The number of aliphatic hydroxyl groups is 1. The van der Waals surface area contributed by atoms with Gasteiger partial charge in [0, 0.05) is 19.0 Å². The molecule has 5 N–H and O–H groups in total. The third-order valence-electron chi connectivity index (χ3n) is 2.96. The Morgan fingerprint density at radius 2 is 1.89 bits per heavy atom. The van der Waals surface area contributed by atoms with Gasteiger partial charge in [-0.1, -0.05) is 0 Å². The van der Waals surface area contributed by atoms with Crippen LogP contribution in [0.2, 0.25) is 0 Å². The first kappa shape index (κ1) is 14.2. The maximum Gasteiger partial charge on any atom is 0.328 e. The highest BCUT2D eigenvalue weighted by molar-refractivity contribution is 5.83. The van der Waals surface area contributed by atoms with E-state index in [-0.39, 0.29) is 11.8 Å². The molecule has 1 aliphatic heterocycles. The molecule has 8 heteroatoms. The Bertz CT molecular complexity index is 338. The van der Waals surface area contributed by atoms with E-state index in [0.29, 0.717) is 25.9 Å². The number of carboxylic acids is 1. The van der Waals surface area contributed by atoms with Gasteiger partial charge in [-0.15, -0.1) is 0 Å². The number of aliphatic hydroxyl groups excluding tert-OH is 1. The third-order valence-corrected chi connectivity index (χ3v) is 2.96. The number of carbonyl (C=O) groups excluding carboxylic acids is 2. The highest BCUT2D eigenvalue weighted by atomic mass is 16.4. The molecule has 0 aliphatic carbocycles. The molecule has 1 fully saturated rings. The predicted molar refractivity (Wildman–Crippen MR) is 60.5 cm³/mol. The zero-order chi connectivity index (χ0) is 13.7. The van der Waals surface area contributed by atoms with E-state index in [9.17, 15) is 14.4 Å². The SMILES string of the molecule is NC(=O)C1CCN(C(=O)N[C@@H](CO)C(=O)O)CC1. The molecule has 0 radical (unpaired) electrons. The third kappa shape index (κ3) is 3.59. The second kappa shape index (κ2) is 6.20. The minimum absolute atomic E-state index is 0.234. The molecule has 0 aromatic heterocycles. The summed E-state index contributed by atoms with van der Waals surface area (Å²) >= 11 is 0. The van der Waals surface area contributed by atoms with Crippen LogP contribution in [-0.4, -0.2) is 58.8 Å². The first-order valence-corrected chi connectivity index (χ1v) is 5.64. The molecule has 0 saturated carbocycles. The fourth-order valence-corrected chi connectivity index (χ4v) is 1.79. The summed E-state index contributed by atoms with van der Waals surface area (Å²) in [5, 5.41) is 19.7. The molecule has 0 bridgehead atoms. The van der Waals surface area contributed by atoms with E-state index < -0.39 is 24.6 Å². The normalized spacial score (nSPS) is 18.2. The molecular weight excluding hydrogens is 242 g/mol. The van der Waals surface area contributed by atoms with Crippen molar-refractivity contribution >= 4 is 17.9 Å². The molecule has 0 unspecified atom stereocenters. The van der Waals surface area contributed by atoms with E-state index in [0.717, 1.165) is 0 Å². The Hall–Kier alpha value is -1.83. The van der Waals surface area contributed by atoms with Crippen LogP contribution >= 0.6 is 0 Å². The molecule has 102 valence electrons. The molecule has 18 heavy (non-hydrogen) atoms. The van der Waals surface area contributed by atoms with Crippen molar-refractivity contribution in [2.75, 3.05) is 19.7 Å². The number of primary amides is 1. The van der Waals surface area contributed by atoms with Gasteiger partial charge in [0.15, 0.2) is 6.04 Å². The maximum atomic E-state index is 11.7. The van der Waals surface area contributed by atoms with Crippen molar-refractivity contribution in [2.45, 2.75) is 18.9 Å². The van der Waals surface area contributed by atoms with Crippen LogP contribution in [0.25, 0.3) is 0 Å². The number of hydrogen-bond donors (Lipinski definition) is 4. The van der Waals surface area contributed by atoms with Crippen LogP contribution in [0.5, 0.6) is 0 Å². The number of hydrogen-bond acceptors (Lipinski definition) is 4. The average Bonchev–Trinajstić information content (AvgIpc) is 2.35. The topological polar surface area (TPSA) is 133 Å². The molecule has 1 rings (SSSR count). The number of likely N-dealkylation sites (tertiary alicyclic amines) is 1. The fraction of sp³-hybridized carbons (Fsp3) is 0.700. The van der Waals surface area contributed by atoms with E-state index in [4.69, 9.17) is 15.9 Å². The lowest BCUT2D eigenvalue weighted by Crippen LogP contribution is -2.52. The van der Waals surface area contributed by atoms with E-state index in [1.54, 1.807) is 0 Å². The van der Waals surface area contributed by atoms with Crippen LogP contribution in [0.4, 0.5) is 4.79 Å². The number of nitrogens with one attached hydrogen (secondary N) is 1. The molecular formula is C10H17N3O5. The molecule has 3 amide bonds. The molecule has 1 heterocycles. The number of carboxylic acid groups (broad SMARTS) is 1. The molecule has 1 atom stereocenters. The smallest absolute Gasteiger partial charge is 0.328 e. The van der Waals surface area contributed by atoms with Crippen LogP contribution in [0.3, 0.4) is 0 Å².